The molecule has 0 unspecified atom stereocenters. The van der Waals surface area contributed by atoms with Crippen LogP contribution in [0.15, 0.2) is 0 Å². The largest absolute Gasteiger partial charge is 0.381 e. The maximum absolute atomic E-state index is 11.2. The van der Waals surface area contributed by atoms with E-state index >= 15 is 0 Å². The molecule has 1 aliphatic rings. The van der Waals surface area contributed by atoms with Crippen LogP contribution < -0.4 is 0 Å². The lowest BCUT2D eigenvalue weighted by atomic mass is 9.69. The van der Waals surface area contributed by atoms with Crippen molar-refractivity contribution in [2.75, 3.05) is 13.2 Å². The third-order valence-corrected chi connectivity index (χ3v) is 3.46. The molecule has 13 heavy (non-hydrogen) atoms. The first-order valence-corrected chi connectivity index (χ1v) is 5.33. The lowest BCUT2D eigenvalue weighted by Crippen LogP contribution is -2.37. The minimum Gasteiger partial charge on any atom is -0.381 e. The van der Waals surface area contributed by atoms with Crippen LogP contribution in [-0.2, 0) is 9.53 Å². The number of rotatable bonds is 4. The molecule has 0 bridgehead atoms. The van der Waals surface area contributed by atoms with Crippen molar-refractivity contribution >= 4 is 6.29 Å². The molecular formula is C11H20O2. The number of ether oxygens (including phenoxy) is 1. The number of carbonyl (C=O) groups is 1. The van der Waals surface area contributed by atoms with Crippen LogP contribution in [0.2, 0.25) is 0 Å². The highest BCUT2D eigenvalue weighted by molar-refractivity contribution is 5.60. The molecule has 0 radical (unpaired) electrons. The molecule has 0 N–H and O–H groups in total. The quantitative estimate of drug-likeness (QED) is 0.627. The maximum Gasteiger partial charge on any atom is 0.126 e. The molecular weight excluding hydrogens is 164 g/mol. The molecule has 2 heteroatoms. The second-order valence-electron chi connectivity index (χ2n) is 3.98. The lowest BCUT2D eigenvalue weighted by molar-refractivity contribution is -0.126. The molecule has 76 valence electrons. The van der Waals surface area contributed by atoms with Crippen LogP contribution in [0.3, 0.4) is 0 Å². The fourth-order valence-corrected chi connectivity index (χ4v) is 2.48. The molecule has 1 heterocycles. The molecule has 0 aromatic rings. The van der Waals surface area contributed by atoms with Crippen molar-refractivity contribution in [3.05, 3.63) is 0 Å². The fourth-order valence-electron chi connectivity index (χ4n) is 2.48. The minimum absolute atomic E-state index is 0.0677. The summed E-state index contributed by atoms with van der Waals surface area (Å²) in [7, 11) is 0. The second kappa shape index (κ2) is 4.75. The van der Waals surface area contributed by atoms with Gasteiger partial charge in [-0.3, -0.25) is 0 Å². The molecule has 0 spiro atoms. The fraction of sp³-hybridized carbons (Fsp3) is 0.909. The van der Waals surface area contributed by atoms with E-state index in [-0.39, 0.29) is 5.41 Å². The van der Waals surface area contributed by atoms with Gasteiger partial charge in [0.05, 0.1) is 0 Å². The first-order chi connectivity index (χ1) is 6.29. The summed E-state index contributed by atoms with van der Waals surface area (Å²) in [6.45, 7) is 5.87. The Labute approximate surface area is 80.7 Å². The van der Waals surface area contributed by atoms with E-state index < -0.39 is 0 Å². The van der Waals surface area contributed by atoms with Crippen LogP contribution in [0.1, 0.15) is 39.5 Å². The van der Waals surface area contributed by atoms with Crippen molar-refractivity contribution in [3.63, 3.8) is 0 Å². The van der Waals surface area contributed by atoms with Gasteiger partial charge in [0.25, 0.3) is 0 Å². The van der Waals surface area contributed by atoms with Crippen LogP contribution in [0.5, 0.6) is 0 Å². The Balaban J connectivity index is 2.70. The van der Waals surface area contributed by atoms with E-state index in [4.69, 9.17) is 4.74 Å². The monoisotopic (exact) mass is 184 g/mol. The summed E-state index contributed by atoms with van der Waals surface area (Å²) in [5.74, 6) is 0.550. The Morgan fingerprint density at radius 3 is 2.23 bits per heavy atom. The molecule has 2 nitrogen and oxygen atoms in total. The van der Waals surface area contributed by atoms with Crippen molar-refractivity contribution in [2.45, 2.75) is 39.5 Å². The zero-order chi connectivity index (χ0) is 9.73. The summed E-state index contributed by atoms with van der Waals surface area (Å²) in [5.41, 5.74) is -0.0677. The Hall–Kier alpha value is -0.370. The zero-order valence-corrected chi connectivity index (χ0v) is 8.71. The van der Waals surface area contributed by atoms with Gasteiger partial charge in [-0.05, 0) is 18.8 Å². The van der Waals surface area contributed by atoms with Crippen LogP contribution in [0.4, 0.5) is 0 Å². The Bertz CT molecular complexity index is 155. The molecule has 1 fully saturated rings. The van der Waals surface area contributed by atoms with Crippen molar-refractivity contribution in [1.82, 2.24) is 0 Å². The predicted molar refractivity (Wildman–Crippen MR) is 52.6 cm³/mol. The first kappa shape index (κ1) is 10.7. The molecule has 0 amide bonds. The van der Waals surface area contributed by atoms with Crippen LogP contribution in [-0.4, -0.2) is 19.5 Å². The molecule has 1 rings (SSSR count). The maximum atomic E-state index is 11.2. The van der Waals surface area contributed by atoms with Crippen molar-refractivity contribution in [3.8, 4) is 0 Å². The van der Waals surface area contributed by atoms with E-state index in [0.29, 0.717) is 5.92 Å². The second-order valence-corrected chi connectivity index (χ2v) is 3.98. The van der Waals surface area contributed by atoms with Crippen molar-refractivity contribution in [1.29, 1.82) is 0 Å². The van der Waals surface area contributed by atoms with Gasteiger partial charge in [0.15, 0.2) is 0 Å². The average Bonchev–Trinajstić information content (AvgIpc) is 2.21. The van der Waals surface area contributed by atoms with E-state index in [1.54, 1.807) is 0 Å². The van der Waals surface area contributed by atoms with Crippen molar-refractivity contribution in [2.24, 2.45) is 11.3 Å². The summed E-state index contributed by atoms with van der Waals surface area (Å²) < 4.78 is 5.31. The van der Waals surface area contributed by atoms with Gasteiger partial charge in [-0.25, -0.2) is 0 Å². The van der Waals surface area contributed by atoms with E-state index in [9.17, 15) is 4.79 Å². The van der Waals surface area contributed by atoms with Gasteiger partial charge in [0.2, 0.25) is 0 Å². The van der Waals surface area contributed by atoms with Crippen LogP contribution >= 0.6 is 0 Å². The lowest BCUT2D eigenvalue weighted by Gasteiger charge is -2.38. The summed E-state index contributed by atoms with van der Waals surface area (Å²) in [6.07, 6.45) is 5.24. The number of carbonyl (C=O) groups excluding carboxylic acids is 1. The Kier molecular flexibility index (Phi) is 3.91. The third kappa shape index (κ3) is 2.11. The van der Waals surface area contributed by atoms with Gasteiger partial charge < -0.3 is 9.53 Å². The Morgan fingerprint density at radius 2 is 1.85 bits per heavy atom. The highest BCUT2D eigenvalue weighted by atomic mass is 16.5. The van der Waals surface area contributed by atoms with Crippen molar-refractivity contribution < 1.29 is 9.53 Å². The topological polar surface area (TPSA) is 26.3 Å². The highest BCUT2D eigenvalue weighted by Gasteiger charge is 2.38. The molecule has 0 aromatic carbocycles. The first-order valence-electron chi connectivity index (χ1n) is 5.33. The summed E-state index contributed by atoms with van der Waals surface area (Å²) >= 11 is 0. The zero-order valence-electron chi connectivity index (χ0n) is 8.71. The predicted octanol–water partition coefficient (Wildman–Crippen LogP) is 2.42. The van der Waals surface area contributed by atoms with E-state index in [1.807, 2.05) is 0 Å². The summed E-state index contributed by atoms with van der Waals surface area (Å²) in [5, 5.41) is 0. The van der Waals surface area contributed by atoms with Gasteiger partial charge in [-0.15, -0.1) is 0 Å². The SMILES string of the molecule is CCC(CC)C1(C=O)CCOCC1. The van der Waals surface area contributed by atoms with Crippen LogP contribution in [0.25, 0.3) is 0 Å². The molecule has 1 saturated heterocycles. The normalized spacial score (nSPS) is 21.8. The number of aldehydes is 1. The molecule has 1 aliphatic heterocycles. The standard InChI is InChI=1S/C11H20O2/c1-3-10(4-2)11(9-12)5-7-13-8-6-11/h9-10H,3-8H2,1-2H3. The summed E-state index contributed by atoms with van der Waals surface area (Å²) in [4.78, 5) is 11.2. The minimum atomic E-state index is -0.0677. The summed E-state index contributed by atoms with van der Waals surface area (Å²) in [6, 6.07) is 0. The van der Waals surface area contributed by atoms with Gasteiger partial charge >= 0.3 is 0 Å². The van der Waals surface area contributed by atoms with E-state index in [2.05, 4.69) is 13.8 Å². The van der Waals surface area contributed by atoms with E-state index in [1.165, 1.54) is 6.29 Å². The van der Waals surface area contributed by atoms with Crippen LogP contribution in [0, 0.1) is 11.3 Å². The van der Waals surface area contributed by atoms with Gasteiger partial charge in [0, 0.05) is 18.6 Å². The van der Waals surface area contributed by atoms with E-state index in [0.717, 1.165) is 38.9 Å². The molecule has 0 saturated carbocycles. The Morgan fingerprint density at radius 1 is 1.31 bits per heavy atom. The highest BCUT2D eigenvalue weighted by Crippen LogP contribution is 2.39. The van der Waals surface area contributed by atoms with Gasteiger partial charge in [0.1, 0.15) is 6.29 Å². The molecule has 0 atom stereocenters. The molecule has 0 aromatic heterocycles. The third-order valence-electron chi connectivity index (χ3n) is 3.46. The molecule has 0 aliphatic carbocycles. The number of hydrogen-bond donors (Lipinski definition) is 0. The van der Waals surface area contributed by atoms with Gasteiger partial charge in [-0.2, -0.15) is 0 Å². The number of hydrogen-bond acceptors (Lipinski definition) is 2. The van der Waals surface area contributed by atoms with Gasteiger partial charge in [-0.1, -0.05) is 26.7 Å². The smallest absolute Gasteiger partial charge is 0.126 e. The average molecular weight is 184 g/mol.